The third-order valence-corrected chi connectivity index (χ3v) is 5.23. The van der Waals surface area contributed by atoms with Gasteiger partial charge in [0.05, 0.1) is 135 Å². The Hall–Kier alpha value is -2.52. The summed E-state index contributed by atoms with van der Waals surface area (Å²) in [4.78, 5) is 43.4. The van der Waals surface area contributed by atoms with Crippen molar-refractivity contribution in [3.05, 3.63) is 0 Å². The van der Waals surface area contributed by atoms with Crippen LogP contribution in [0.1, 0.15) is 0 Å². The van der Waals surface area contributed by atoms with Crippen molar-refractivity contribution >= 4 is 23.9 Å². The van der Waals surface area contributed by atoms with Gasteiger partial charge >= 0.3 is 0 Å². The second kappa shape index (κ2) is 29.4. The SMILES string of the molecule is C[N+](C)(C)CCO.C[N+](C)(C)CCO.C[N+](C)(C)CCO.C[N+](C)(C)CCO.O=C([O-])CN(CCN(CC(=O)[O-])CC(=O)[O-])CC(=O)[O-]. The first-order chi connectivity index (χ1) is 21.4. The average Bonchev–Trinajstić information content (AvgIpc) is 2.79. The fourth-order valence-electron chi connectivity index (χ4n) is 2.64. The van der Waals surface area contributed by atoms with Gasteiger partial charge < -0.3 is 78.0 Å². The molecule has 48 heavy (non-hydrogen) atoms. The molecule has 18 nitrogen and oxygen atoms in total. The van der Waals surface area contributed by atoms with Gasteiger partial charge in [0.2, 0.25) is 0 Å². The smallest absolute Gasteiger partial charge is 0.101 e. The van der Waals surface area contributed by atoms with Crippen molar-refractivity contribution in [1.29, 1.82) is 0 Å². The topological polar surface area (TPSA) is 248 Å². The zero-order valence-electron chi connectivity index (χ0n) is 31.6. The van der Waals surface area contributed by atoms with E-state index in [9.17, 15) is 39.6 Å². The molecule has 0 aliphatic rings. The minimum absolute atomic E-state index is 0.206. The number of carboxylic acids is 4. The second-order valence-corrected chi connectivity index (χ2v) is 14.9. The minimum Gasteiger partial charge on any atom is -0.549 e. The Labute approximate surface area is 288 Å². The molecule has 290 valence electrons. The van der Waals surface area contributed by atoms with Crippen molar-refractivity contribution in [3.63, 3.8) is 0 Å². The van der Waals surface area contributed by atoms with Crippen LogP contribution in [0.3, 0.4) is 0 Å². The lowest BCUT2D eigenvalue weighted by atomic mass is 10.4. The van der Waals surface area contributed by atoms with Gasteiger partial charge in [-0.2, -0.15) is 0 Å². The summed E-state index contributed by atoms with van der Waals surface area (Å²) < 4.78 is 3.38. The Balaban J connectivity index is -0.000000181. The van der Waals surface area contributed by atoms with E-state index >= 15 is 0 Å². The molecule has 0 aliphatic heterocycles. The Kier molecular flexibility index (Phi) is 33.6. The summed E-state index contributed by atoms with van der Waals surface area (Å²) in [5.74, 6) is -6.12. The van der Waals surface area contributed by atoms with E-state index in [-0.39, 0.29) is 39.5 Å². The normalized spacial score (nSPS) is 11.5. The molecule has 0 aromatic rings. The molecule has 4 N–H and O–H groups in total. The van der Waals surface area contributed by atoms with Gasteiger partial charge in [-0.05, 0) is 0 Å². The van der Waals surface area contributed by atoms with Gasteiger partial charge in [-0.1, -0.05) is 0 Å². The van der Waals surface area contributed by atoms with Crippen molar-refractivity contribution in [3.8, 4) is 0 Å². The van der Waals surface area contributed by atoms with Crippen molar-refractivity contribution in [1.82, 2.24) is 9.80 Å². The van der Waals surface area contributed by atoms with Crippen LogP contribution in [0, 0.1) is 0 Å². The van der Waals surface area contributed by atoms with Crippen LogP contribution in [-0.2, 0) is 19.2 Å². The maximum Gasteiger partial charge on any atom is 0.101 e. The third-order valence-electron chi connectivity index (χ3n) is 5.23. The third kappa shape index (κ3) is 66.0. The molecule has 0 amide bonds. The molecule has 0 heterocycles. The maximum absolute atomic E-state index is 10.4. The number of aliphatic carboxylic acids is 4. The number of nitrogens with zero attached hydrogens (tertiary/aromatic N) is 6. The van der Waals surface area contributed by atoms with Crippen molar-refractivity contribution in [2.75, 3.05) is 176 Å². The van der Waals surface area contributed by atoms with Gasteiger partial charge in [-0.15, -0.1) is 0 Å². The maximum atomic E-state index is 10.4. The van der Waals surface area contributed by atoms with Crippen molar-refractivity contribution in [2.24, 2.45) is 0 Å². The molecule has 0 aliphatic carbocycles. The molecule has 0 rings (SSSR count). The van der Waals surface area contributed by atoms with E-state index < -0.39 is 50.1 Å². The van der Waals surface area contributed by atoms with E-state index in [1.807, 2.05) is 0 Å². The predicted octanol–water partition coefficient (Wildman–Crippen LogP) is -8.67. The van der Waals surface area contributed by atoms with Crippen LogP contribution >= 0.6 is 0 Å². The van der Waals surface area contributed by atoms with Gasteiger partial charge in [0.15, 0.2) is 0 Å². The Morgan fingerprint density at radius 1 is 0.396 bits per heavy atom. The van der Waals surface area contributed by atoms with Crippen LogP contribution in [0.2, 0.25) is 0 Å². The summed E-state index contributed by atoms with van der Waals surface area (Å²) in [5.41, 5.74) is 0. The van der Waals surface area contributed by atoms with E-state index in [0.717, 1.165) is 53.9 Å². The van der Waals surface area contributed by atoms with E-state index in [1.54, 1.807) is 0 Å². The largest absolute Gasteiger partial charge is 0.549 e. The number of carboxylic acid groups (broad SMARTS) is 4. The Morgan fingerprint density at radius 2 is 0.542 bits per heavy atom. The van der Waals surface area contributed by atoms with Crippen molar-refractivity contribution in [2.45, 2.75) is 0 Å². The number of carbonyl (C=O) groups is 4. The molecule has 0 radical (unpaired) electrons. The number of quaternary nitrogens is 4. The van der Waals surface area contributed by atoms with Crippen LogP contribution in [0.15, 0.2) is 0 Å². The van der Waals surface area contributed by atoms with Crippen LogP contribution < -0.4 is 20.4 Å². The fourth-order valence-corrected chi connectivity index (χ4v) is 2.64. The molecule has 0 aromatic carbocycles. The molecule has 18 heteroatoms. The fraction of sp³-hybridized carbons (Fsp3) is 0.867. The van der Waals surface area contributed by atoms with Crippen LogP contribution in [0.5, 0.6) is 0 Å². The standard InChI is InChI=1S/C10H16N2O8.4C5H14NO/c13-7(14)3-11(4-8(15)16)1-2-12(5-9(17)18)6-10(19)20;4*1-6(2,3)4-5-7/h1-6H2,(H,13,14)(H,15,16)(H,17,18)(H,19,20);4*7H,4-5H2,1-3H3/q;4*+1/p-4. The second-order valence-electron chi connectivity index (χ2n) is 14.9. The summed E-state index contributed by atoms with van der Waals surface area (Å²) in [5, 5.41) is 75.2. The van der Waals surface area contributed by atoms with Gasteiger partial charge in [0.1, 0.15) is 26.2 Å². The summed E-state index contributed by atoms with van der Waals surface area (Å²) in [7, 11) is 24.6. The van der Waals surface area contributed by atoms with Crippen molar-refractivity contribution < 1.29 is 78.0 Å². The summed E-state index contributed by atoms with van der Waals surface area (Å²) in [6, 6.07) is 0. The molecule has 0 saturated heterocycles. The van der Waals surface area contributed by atoms with Crippen LogP contribution in [0.25, 0.3) is 0 Å². The summed E-state index contributed by atoms with van der Waals surface area (Å²) in [6.45, 7) is 1.21. The van der Waals surface area contributed by atoms with E-state index in [0.29, 0.717) is 0 Å². The monoisotopic (exact) mass is 704 g/mol. The zero-order chi connectivity index (χ0) is 39.4. The molecule has 0 fully saturated rings. The lowest BCUT2D eigenvalue weighted by Crippen LogP contribution is -2.50. The first-order valence-corrected chi connectivity index (χ1v) is 15.3. The lowest BCUT2D eigenvalue weighted by Gasteiger charge is -2.28. The summed E-state index contributed by atoms with van der Waals surface area (Å²) in [6.07, 6.45) is 0. The summed E-state index contributed by atoms with van der Waals surface area (Å²) >= 11 is 0. The first-order valence-electron chi connectivity index (χ1n) is 15.3. The van der Waals surface area contributed by atoms with Gasteiger partial charge in [-0.3, -0.25) is 9.80 Å². The minimum atomic E-state index is -1.53. The van der Waals surface area contributed by atoms with E-state index in [1.165, 1.54) is 0 Å². The number of rotatable bonds is 19. The highest BCUT2D eigenvalue weighted by molar-refractivity contribution is 5.71. The highest BCUT2D eigenvalue weighted by Crippen LogP contribution is 1.93. The number of aliphatic hydroxyl groups is 4. The predicted molar refractivity (Wildman–Crippen MR) is 173 cm³/mol. The van der Waals surface area contributed by atoms with Gasteiger partial charge in [0, 0.05) is 39.3 Å². The van der Waals surface area contributed by atoms with E-state index in [4.69, 9.17) is 20.4 Å². The molecule has 0 saturated carbocycles. The molecule has 0 bridgehead atoms. The molecule has 0 unspecified atom stereocenters. The number of carbonyl (C=O) groups excluding carboxylic acids is 4. The number of likely N-dealkylation sites (N-methyl/N-ethyl adjacent to an activating group) is 4. The first kappa shape index (κ1) is 54.9. The lowest BCUT2D eigenvalue weighted by molar-refractivity contribution is -0.870. The number of hydrogen-bond acceptors (Lipinski definition) is 14. The highest BCUT2D eigenvalue weighted by atomic mass is 16.4. The molecule has 0 spiro atoms. The number of hydrogen-bond donors (Lipinski definition) is 4. The molecule has 0 atom stereocenters. The zero-order valence-corrected chi connectivity index (χ0v) is 31.6. The van der Waals surface area contributed by atoms with Crippen LogP contribution in [-0.4, -0.2) is 248 Å². The molecular formula is C30H68N6O12. The Bertz CT molecular complexity index is 704. The van der Waals surface area contributed by atoms with E-state index in [2.05, 4.69) is 84.6 Å². The molecular weight excluding hydrogens is 636 g/mol. The molecule has 0 aromatic heterocycles. The Morgan fingerprint density at radius 3 is 0.604 bits per heavy atom. The average molecular weight is 705 g/mol. The van der Waals surface area contributed by atoms with Gasteiger partial charge in [0.25, 0.3) is 0 Å². The van der Waals surface area contributed by atoms with Crippen LogP contribution in [0.4, 0.5) is 0 Å². The quantitative estimate of drug-likeness (QED) is 0.0913. The highest BCUT2D eigenvalue weighted by Gasteiger charge is 2.11. The van der Waals surface area contributed by atoms with Gasteiger partial charge in [-0.25, -0.2) is 0 Å². The number of aliphatic hydroxyl groups excluding tert-OH is 4.